The van der Waals surface area contributed by atoms with Crippen LogP contribution in [0.1, 0.15) is 38.4 Å². The van der Waals surface area contributed by atoms with Crippen molar-refractivity contribution in [3.63, 3.8) is 0 Å². The highest BCUT2D eigenvalue weighted by atomic mass is 31.1. The summed E-state index contributed by atoms with van der Waals surface area (Å²) >= 11 is 0. The highest BCUT2D eigenvalue weighted by Crippen LogP contribution is 2.38. The zero-order valence-electron chi connectivity index (χ0n) is 18.2. The Labute approximate surface area is 187 Å². The molecule has 0 amide bonds. The molecule has 8 heteroatoms. The van der Waals surface area contributed by atoms with Gasteiger partial charge in [-0.05, 0) is 55.0 Å². The number of aliphatic hydroxyl groups excluding tert-OH is 1. The van der Waals surface area contributed by atoms with Crippen LogP contribution in [0.2, 0.25) is 0 Å². The number of aromatic nitrogens is 1. The van der Waals surface area contributed by atoms with E-state index in [-0.39, 0.29) is 24.6 Å². The van der Waals surface area contributed by atoms with Gasteiger partial charge in [-0.3, -0.25) is 4.79 Å². The minimum atomic E-state index is -2.14. The van der Waals surface area contributed by atoms with E-state index in [1.165, 1.54) is 12.1 Å². The number of carboxylic acids is 1. The third-order valence-corrected chi connectivity index (χ3v) is 6.42. The number of halogens is 1. The summed E-state index contributed by atoms with van der Waals surface area (Å²) in [5, 5.41) is 19.4. The average Bonchev–Trinajstić information content (AvgIpc) is 3.05. The molecule has 6 nitrogen and oxygen atoms in total. The van der Waals surface area contributed by atoms with Crippen LogP contribution in [-0.4, -0.2) is 39.6 Å². The smallest absolute Gasteiger partial charge is 0.481 e. The Balaban J connectivity index is 1.80. The topological polar surface area (TPSA) is 88.8 Å². The van der Waals surface area contributed by atoms with Gasteiger partial charge in [0.1, 0.15) is 18.5 Å². The number of aliphatic carboxylic acids is 1. The van der Waals surface area contributed by atoms with Crippen molar-refractivity contribution in [2.24, 2.45) is 0 Å². The van der Waals surface area contributed by atoms with Gasteiger partial charge in [-0.25, -0.2) is 4.39 Å². The first-order chi connectivity index (χ1) is 15.3. The van der Waals surface area contributed by atoms with Gasteiger partial charge >= 0.3 is 14.0 Å². The molecule has 2 N–H and O–H groups in total. The minimum absolute atomic E-state index is 0.200. The number of nitrogens with zero attached hydrogens (tertiary/aromatic N) is 1. The van der Waals surface area contributed by atoms with Crippen LogP contribution in [-0.2, 0) is 20.3 Å². The first kappa shape index (κ1) is 24.1. The Morgan fingerprint density at radius 2 is 1.84 bits per heavy atom. The van der Waals surface area contributed by atoms with Crippen LogP contribution in [0.5, 0.6) is 0 Å². The Morgan fingerprint density at radius 3 is 2.50 bits per heavy atom. The molecule has 1 unspecified atom stereocenters. The second-order valence-electron chi connectivity index (χ2n) is 8.01. The summed E-state index contributed by atoms with van der Waals surface area (Å²) in [5.74, 6) is -1.43. The first-order valence-corrected chi connectivity index (χ1v) is 12.0. The molecule has 0 fully saturated rings. The molecule has 0 saturated heterocycles. The fraction of sp³-hybridized carbons (Fsp3) is 0.375. The normalized spacial score (nSPS) is 13.0. The second kappa shape index (κ2) is 10.8. The number of carbonyl (C=O) groups is 1. The van der Waals surface area contributed by atoms with Gasteiger partial charge in [0.15, 0.2) is 0 Å². The van der Waals surface area contributed by atoms with E-state index in [4.69, 9.17) is 9.63 Å². The van der Waals surface area contributed by atoms with E-state index < -0.39 is 26.5 Å². The van der Waals surface area contributed by atoms with Crippen LogP contribution in [0, 0.1) is 5.82 Å². The quantitative estimate of drug-likeness (QED) is 0.289. The van der Waals surface area contributed by atoms with E-state index in [2.05, 4.69) is 30.5 Å². The molecule has 0 saturated carbocycles. The molecule has 0 radical (unpaired) electrons. The SMILES string of the molecule is CC(C)n1c(CCCO[P+](=O)C[C@@H](O)CC(=O)O)c(-c2ccc(F)cc2)c2ccccc21. The average molecular weight is 460 g/mol. The predicted molar refractivity (Wildman–Crippen MR) is 123 cm³/mol. The van der Waals surface area contributed by atoms with E-state index in [1.807, 2.05) is 12.1 Å². The minimum Gasteiger partial charge on any atom is -0.481 e. The van der Waals surface area contributed by atoms with Gasteiger partial charge < -0.3 is 14.8 Å². The molecule has 3 rings (SSSR count). The zero-order valence-corrected chi connectivity index (χ0v) is 19.1. The molecular formula is C24H28FNO5P+. The summed E-state index contributed by atoms with van der Waals surface area (Å²) in [5.41, 5.74) is 4.18. The lowest BCUT2D eigenvalue weighted by atomic mass is 10.00. The monoisotopic (exact) mass is 460 g/mol. The van der Waals surface area contributed by atoms with Gasteiger partial charge in [-0.15, -0.1) is 4.52 Å². The molecule has 0 aliphatic rings. The maximum Gasteiger partial charge on any atom is 0.510 e. The van der Waals surface area contributed by atoms with Crippen molar-refractivity contribution in [3.8, 4) is 11.1 Å². The predicted octanol–water partition coefficient (Wildman–Crippen LogP) is 5.56. The Hall–Kier alpha value is -2.60. The summed E-state index contributed by atoms with van der Waals surface area (Å²) in [6.45, 7) is 4.45. The number of aliphatic hydroxyl groups is 1. The summed E-state index contributed by atoms with van der Waals surface area (Å²) in [6, 6.07) is 14.8. The van der Waals surface area contributed by atoms with E-state index in [9.17, 15) is 18.9 Å². The van der Waals surface area contributed by atoms with Crippen LogP contribution in [0.25, 0.3) is 22.0 Å². The molecule has 0 aliphatic carbocycles. The van der Waals surface area contributed by atoms with Gasteiger partial charge in [0.2, 0.25) is 6.16 Å². The van der Waals surface area contributed by atoms with Crippen LogP contribution < -0.4 is 0 Å². The molecular weight excluding hydrogens is 432 g/mol. The molecule has 170 valence electrons. The summed E-state index contributed by atoms with van der Waals surface area (Å²) < 4.78 is 33.2. The van der Waals surface area contributed by atoms with Crippen molar-refractivity contribution in [1.29, 1.82) is 0 Å². The molecule has 0 aliphatic heterocycles. The highest BCUT2D eigenvalue weighted by Gasteiger charge is 2.26. The number of hydrogen-bond acceptors (Lipinski definition) is 4. The fourth-order valence-corrected chi connectivity index (χ4v) is 4.90. The van der Waals surface area contributed by atoms with Crippen LogP contribution in [0.3, 0.4) is 0 Å². The maximum absolute atomic E-state index is 13.5. The van der Waals surface area contributed by atoms with E-state index in [0.717, 1.165) is 27.7 Å². The molecule has 3 aromatic rings. The Bertz CT molecular complexity index is 1090. The number of para-hydroxylation sites is 1. The lowest BCUT2D eigenvalue weighted by Gasteiger charge is -2.16. The lowest BCUT2D eigenvalue weighted by molar-refractivity contribution is -0.138. The van der Waals surface area contributed by atoms with Crippen molar-refractivity contribution in [3.05, 3.63) is 60.0 Å². The number of rotatable bonds is 11. The lowest BCUT2D eigenvalue weighted by Crippen LogP contribution is -2.15. The summed E-state index contributed by atoms with van der Waals surface area (Å²) in [7, 11) is -2.14. The fourth-order valence-electron chi connectivity index (χ4n) is 3.99. The third kappa shape index (κ3) is 5.80. The molecule has 2 atom stereocenters. The first-order valence-electron chi connectivity index (χ1n) is 10.6. The number of carboxylic acid groups (broad SMARTS) is 1. The van der Waals surface area contributed by atoms with Crippen LogP contribution in [0.15, 0.2) is 48.5 Å². The molecule has 2 aromatic carbocycles. The van der Waals surface area contributed by atoms with Crippen molar-refractivity contribution < 1.29 is 28.5 Å². The third-order valence-electron chi connectivity index (χ3n) is 5.22. The standard InChI is InChI=1S/C24H27FNO5P/c1-16(2)26-21-7-4-3-6-20(21)24(17-9-11-18(25)12-10-17)22(26)8-5-13-31-32(30)15-19(27)14-23(28)29/h3-4,6-7,9-12,16,19,27H,5,8,13-15H2,1-2H3/p+1/t19-/m0/s1. The van der Waals surface area contributed by atoms with E-state index in [0.29, 0.717) is 12.8 Å². The van der Waals surface area contributed by atoms with Crippen molar-refractivity contribution in [1.82, 2.24) is 4.57 Å². The van der Waals surface area contributed by atoms with Gasteiger partial charge in [0, 0.05) is 28.2 Å². The summed E-state index contributed by atoms with van der Waals surface area (Å²) in [6.07, 6.45) is -0.604. The number of benzene rings is 2. The Morgan fingerprint density at radius 1 is 1.16 bits per heavy atom. The molecule has 32 heavy (non-hydrogen) atoms. The molecule has 0 spiro atoms. The number of hydrogen-bond donors (Lipinski definition) is 2. The molecule has 0 bridgehead atoms. The van der Waals surface area contributed by atoms with Crippen molar-refractivity contribution >= 4 is 24.9 Å². The highest BCUT2D eigenvalue weighted by molar-refractivity contribution is 7.39. The van der Waals surface area contributed by atoms with Gasteiger partial charge in [-0.2, -0.15) is 0 Å². The molecule has 1 heterocycles. The molecule has 1 aromatic heterocycles. The van der Waals surface area contributed by atoms with Gasteiger partial charge in [0.05, 0.1) is 6.42 Å². The van der Waals surface area contributed by atoms with Crippen molar-refractivity contribution in [2.75, 3.05) is 12.8 Å². The second-order valence-corrected chi connectivity index (χ2v) is 9.30. The van der Waals surface area contributed by atoms with Crippen molar-refractivity contribution in [2.45, 2.75) is 45.3 Å². The van der Waals surface area contributed by atoms with E-state index >= 15 is 0 Å². The number of fused-ring (bicyclic) bond motifs is 1. The maximum atomic E-state index is 13.5. The van der Waals surface area contributed by atoms with Gasteiger partial charge in [0.25, 0.3) is 0 Å². The largest absolute Gasteiger partial charge is 0.510 e. The Kier molecular flexibility index (Phi) is 8.13. The zero-order chi connectivity index (χ0) is 23.3. The van der Waals surface area contributed by atoms with Gasteiger partial charge in [-0.1, -0.05) is 30.3 Å². The van der Waals surface area contributed by atoms with Crippen LogP contribution in [0.4, 0.5) is 4.39 Å². The summed E-state index contributed by atoms with van der Waals surface area (Å²) in [4.78, 5) is 10.6. The van der Waals surface area contributed by atoms with Crippen LogP contribution >= 0.6 is 8.03 Å². The van der Waals surface area contributed by atoms with E-state index in [1.54, 1.807) is 12.1 Å².